The van der Waals surface area contributed by atoms with E-state index >= 15 is 0 Å². The zero-order valence-electron chi connectivity index (χ0n) is 9.40. The summed E-state index contributed by atoms with van der Waals surface area (Å²) in [6.07, 6.45) is 0.470. The Bertz CT molecular complexity index is 411. The van der Waals surface area contributed by atoms with E-state index < -0.39 is 0 Å². The summed E-state index contributed by atoms with van der Waals surface area (Å²) in [6, 6.07) is 7.49. The van der Waals surface area contributed by atoms with Crippen LogP contribution in [0.5, 0.6) is 0 Å². The predicted octanol–water partition coefficient (Wildman–Crippen LogP) is 1.45. The lowest BCUT2D eigenvalue weighted by Gasteiger charge is -2.14. The molecule has 2 N–H and O–H groups in total. The van der Waals surface area contributed by atoms with Gasteiger partial charge in [0.15, 0.2) is 0 Å². The van der Waals surface area contributed by atoms with Gasteiger partial charge in [-0.15, -0.1) is 0 Å². The largest absolute Gasteiger partial charge is 0.392 e. The molecule has 17 heavy (non-hydrogen) atoms. The highest BCUT2D eigenvalue weighted by atomic mass is 79.9. The molecule has 0 radical (unpaired) electrons. The number of hydrogen-bond donors (Lipinski definition) is 2. The first-order valence-electron chi connectivity index (χ1n) is 5.59. The van der Waals surface area contributed by atoms with E-state index in [-0.39, 0.29) is 12.0 Å². The minimum absolute atomic E-state index is 0.0443. The van der Waals surface area contributed by atoms with Gasteiger partial charge in [0, 0.05) is 23.2 Å². The fraction of sp³-hybridized carbons (Fsp3) is 0.417. The molecule has 1 saturated heterocycles. The highest BCUT2D eigenvalue weighted by molar-refractivity contribution is 9.10. The van der Waals surface area contributed by atoms with Crippen molar-refractivity contribution in [1.82, 2.24) is 4.90 Å². The average Bonchev–Trinajstić information content (AvgIpc) is 2.63. The van der Waals surface area contributed by atoms with Crippen molar-refractivity contribution in [2.75, 3.05) is 25.0 Å². The monoisotopic (exact) mass is 298 g/mol. The van der Waals surface area contributed by atoms with Gasteiger partial charge in [-0.1, -0.05) is 22.0 Å². The second-order valence-electron chi connectivity index (χ2n) is 4.24. The Morgan fingerprint density at radius 1 is 1.59 bits per heavy atom. The minimum Gasteiger partial charge on any atom is -0.392 e. The molecule has 0 unspecified atom stereocenters. The van der Waals surface area contributed by atoms with E-state index in [4.69, 9.17) is 0 Å². The van der Waals surface area contributed by atoms with Crippen molar-refractivity contribution in [3.05, 3.63) is 28.7 Å². The summed E-state index contributed by atoms with van der Waals surface area (Å²) < 4.78 is 0.937. The van der Waals surface area contributed by atoms with Crippen LogP contribution in [0.25, 0.3) is 0 Å². The summed E-state index contributed by atoms with van der Waals surface area (Å²) in [7, 11) is 0. The van der Waals surface area contributed by atoms with E-state index in [2.05, 4.69) is 21.2 Å². The van der Waals surface area contributed by atoms with E-state index in [1.165, 1.54) is 0 Å². The highest BCUT2D eigenvalue weighted by Gasteiger charge is 2.21. The standard InChI is InChI=1S/C12H15BrN2O2/c13-9-2-1-3-10(6-9)14-12(17)8-15-5-4-11(16)7-15/h1-3,6,11,16H,4-5,7-8H2,(H,14,17)/t11-/m1/s1. The molecular formula is C12H15BrN2O2. The number of nitrogens with one attached hydrogen (secondary N) is 1. The van der Waals surface area contributed by atoms with Crippen molar-refractivity contribution in [1.29, 1.82) is 0 Å². The van der Waals surface area contributed by atoms with Crippen LogP contribution in [0.15, 0.2) is 28.7 Å². The summed E-state index contributed by atoms with van der Waals surface area (Å²) in [5.74, 6) is -0.0443. The van der Waals surface area contributed by atoms with Gasteiger partial charge in [-0.25, -0.2) is 0 Å². The molecule has 4 nitrogen and oxygen atoms in total. The molecule has 1 aliphatic heterocycles. The van der Waals surface area contributed by atoms with E-state index in [1.54, 1.807) is 0 Å². The number of anilines is 1. The van der Waals surface area contributed by atoms with Crippen LogP contribution in [-0.2, 0) is 4.79 Å². The second kappa shape index (κ2) is 5.62. The Morgan fingerprint density at radius 2 is 2.41 bits per heavy atom. The van der Waals surface area contributed by atoms with Crippen molar-refractivity contribution in [2.45, 2.75) is 12.5 Å². The van der Waals surface area contributed by atoms with Gasteiger partial charge in [0.25, 0.3) is 0 Å². The normalized spacial score (nSPS) is 20.5. The average molecular weight is 299 g/mol. The van der Waals surface area contributed by atoms with Gasteiger partial charge in [-0.05, 0) is 24.6 Å². The third-order valence-electron chi connectivity index (χ3n) is 2.72. The molecule has 0 spiro atoms. The highest BCUT2D eigenvalue weighted by Crippen LogP contribution is 2.16. The zero-order valence-corrected chi connectivity index (χ0v) is 11.0. The Hall–Kier alpha value is -0.910. The van der Waals surface area contributed by atoms with Gasteiger partial charge in [0.1, 0.15) is 0 Å². The first kappa shape index (κ1) is 12.5. The smallest absolute Gasteiger partial charge is 0.238 e. The summed E-state index contributed by atoms with van der Waals surface area (Å²) in [6.45, 7) is 1.71. The Labute approximate surface area is 109 Å². The van der Waals surface area contributed by atoms with Crippen LogP contribution in [0.2, 0.25) is 0 Å². The molecule has 0 bridgehead atoms. The van der Waals surface area contributed by atoms with Crippen LogP contribution in [0.4, 0.5) is 5.69 Å². The number of carbonyl (C=O) groups is 1. The lowest BCUT2D eigenvalue weighted by molar-refractivity contribution is -0.117. The SMILES string of the molecule is O=C(CN1CC[C@@H](O)C1)Nc1cccc(Br)c1. The third kappa shape index (κ3) is 3.80. The number of β-amino-alcohol motifs (C(OH)–C–C–N with tert-alkyl or cyclic N) is 1. The molecule has 1 aliphatic rings. The summed E-state index contributed by atoms with van der Waals surface area (Å²) in [5.41, 5.74) is 0.782. The fourth-order valence-corrected chi connectivity index (χ4v) is 2.32. The molecule has 1 amide bonds. The predicted molar refractivity (Wildman–Crippen MR) is 69.8 cm³/mol. The van der Waals surface area contributed by atoms with Crippen molar-refractivity contribution < 1.29 is 9.90 Å². The van der Waals surface area contributed by atoms with Crippen molar-refractivity contribution in [3.63, 3.8) is 0 Å². The van der Waals surface area contributed by atoms with E-state index in [1.807, 2.05) is 29.2 Å². The topological polar surface area (TPSA) is 52.6 Å². The molecule has 2 rings (SSSR count). The lowest BCUT2D eigenvalue weighted by atomic mass is 10.3. The van der Waals surface area contributed by atoms with Crippen LogP contribution in [-0.4, -0.2) is 41.7 Å². The molecule has 1 aromatic rings. The zero-order chi connectivity index (χ0) is 12.3. The molecule has 1 fully saturated rings. The number of likely N-dealkylation sites (tertiary alicyclic amines) is 1. The quantitative estimate of drug-likeness (QED) is 0.888. The van der Waals surface area contributed by atoms with Crippen LogP contribution in [0.3, 0.4) is 0 Å². The van der Waals surface area contributed by atoms with E-state index in [0.717, 1.165) is 23.1 Å². The third-order valence-corrected chi connectivity index (χ3v) is 3.22. The number of amides is 1. The maximum absolute atomic E-state index is 11.7. The van der Waals surface area contributed by atoms with E-state index in [9.17, 15) is 9.90 Å². The van der Waals surface area contributed by atoms with E-state index in [0.29, 0.717) is 13.1 Å². The molecule has 1 aromatic carbocycles. The molecule has 92 valence electrons. The second-order valence-corrected chi connectivity index (χ2v) is 5.15. The number of benzene rings is 1. The molecular weight excluding hydrogens is 284 g/mol. The maximum Gasteiger partial charge on any atom is 0.238 e. The van der Waals surface area contributed by atoms with Gasteiger partial charge >= 0.3 is 0 Å². The van der Waals surface area contributed by atoms with Gasteiger partial charge in [-0.3, -0.25) is 9.69 Å². The number of aliphatic hydroxyl groups excluding tert-OH is 1. The lowest BCUT2D eigenvalue weighted by Crippen LogP contribution is -2.32. The number of carbonyl (C=O) groups excluding carboxylic acids is 1. The van der Waals surface area contributed by atoms with Gasteiger partial charge in [-0.2, -0.15) is 0 Å². The molecule has 1 atom stereocenters. The molecule has 0 aromatic heterocycles. The number of aliphatic hydroxyl groups is 1. The summed E-state index contributed by atoms with van der Waals surface area (Å²) >= 11 is 3.35. The minimum atomic E-state index is -0.284. The number of rotatable bonds is 3. The summed E-state index contributed by atoms with van der Waals surface area (Å²) in [4.78, 5) is 13.7. The first-order chi connectivity index (χ1) is 8.13. The molecule has 5 heteroatoms. The number of hydrogen-bond acceptors (Lipinski definition) is 3. The molecule has 1 heterocycles. The van der Waals surface area contributed by atoms with Crippen LogP contribution < -0.4 is 5.32 Å². The van der Waals surface area contributed by atoms with Crippen LogP contribution >= 0.6 is 15.9 Å². The van der Waals surface area contributed by atoms with Crippen LogP contribution in [0.1, 0.15) is 6.42 Å². The van der Waals surface area contributed by atoms with Gasteiger partial charge in [0.05, 0.1) is 12.6 Å². The first-order valence-corrected chi connectivity index (χ1v) is 6.38. The van der Waals surface area contributed by atoms with Gasteiger partial charge in [0.2, 0.25) is 5.91 Å². The number of nitrogens with zero attached hydrogens (tertiary/aromatic N) is 1. The van der Waals surface area contributed by atoms with Crippen molar-refractivity contribution in [3.8, 4) is 0 Å². The van der Waals surface area contributed by atoms with Crippen molar-refractivity contribution in [2.24, 2.45) is 0 Å². The Balaban J connectivity index is 1.85. The Kier molecular flexibility index (Phi) is 4.15. The Morgan fingerprint density at radius 3 is 3.06 bits per heavy atom. The molecule has 0 aliphatic carbocycles. The van der Waals surface area contributed by atoms with Crippen LogP contribution in [0, 0.1) is 0 Å². The number of halogens is 1. The fourth-order valence-electron chi connectivity index (χ4n) is 1.93. The molecule has 0 saturated carbocycles. The van der Waals surface area contributed by atoms with Crippen molar-refractivity contribution >= 4 is 27.5 Å². The van der Waals surface area contributed by atoms with Gasteiger partial charge < -0.3 is 10.4 Å². The summed E-state index contributed by atoms with van der Waals surface area (Å²) in [5, 5.41) is 12.2. The maximum atomic E-state index is 11.7.